The van der Waals surface area contributed by atoms with Gasteiger partial charge in [-0.15, -0.1) is 0 Å². The summed E-state index contributed by atoms with van der Waals surface area (Å²) in [5, 5.41) is 0. The maximum absolute atomic E-state index is 12.0. The highest BCUT2D eigenvalue weighted by Gasteiger charge is 2.10. The summed E-state index contributed by atoms with van der Waals surface area (Å²) >= 11 is 3.42. The lowest BCUT2D eigenvalue weighted by Gasteiger charge is -2.09. The molecule has 0 heterocycles. The van der Waals surface area contributed by atoms with Crippen molar-refractivity contribution in [2.45, 2.75) is 19.8 Å². The third-order valence-electron chi connectivity index (χ3n) is 3.10. The van der Waals surface area contributed by atoms with Crippen molar-refractivity contribution in [1.82, 2.24) is 0 Å². The standard InChI is InChI=1S/C18H19BrO3/c1-2-11-21-17-9-8-15(13-16(17)19)18(20)22-12-10-14-6-4-3-5-7-14/h3-9,13H,2,10-12H2,1H3. The third kappa shape index (κ3) is 4.88. The number of hydrogen-bond acceptors (Lipinski definition) is 3. The first-order chi connectivity index (χ1) is 10.7. The zero-order valence-electron chi connectivity index (χ0n) is 12.5. The van der Waals surface area contributed by atoms with Crippen molar-refractivity contribution in [3.63, 3.8) is 0 Å². The Labute approximate surface area is 139 Å². The summed E-state index contributed by atoms with van der Waals surface area (Å²) < 4.78 is 11.6. The van der Waals surface area contributed by atoms with E-state index in [9.17, 15) is 4.79 Å². The van der Waals surface area contributed by atoms with E-state index in [4.69, 9.17) is 9.47 Å². The smallest absolute Gasteiger partial charge is 0.338 e. The Morgan fingerprint density at radius 3 is 2.55 bits per heavy atom. The number of benzene rings is 2. The van der Waals surface area contributed by atoms with Gasteiger partial charge in [-0.1, -0.05) is 37.3 Å². The number of rotatable bonds is 7. The Bertz CT molecular complexity index is 611. The van der Waals surface area contributed by atoms with Crippen LogP contribution in [0, 0.1) is 0 Å². The number of ether oxygens (including phenoxy) is 2. The highest BCUT2D eigenvalue weighted by atomic mass is 79.9. The Morgan fingerprint density at radius 2 is 1.86 bits per heavy atom. The van der Waals surface area contributed by atoms with Gasteiger partial charge in [0.25, 0.3) is 0 Å². The first-order valence-corrected chi connectivity index (χ1v) is 8.13. The predicted molar refractivity (Wildman–Crippen MR) is 90.4 cm³/mol. The van der Waals surface area contributed by atoms with Crippen LogP contribution in [0.4, 0.5) is 0 Å². The molecule has 4 heteroatoms. The number of carbonyl (C=O) groups excluding carboxylic acids is 1. The SMILES string of the molecule is CCCOc1ccc(C(=O)OCCc2ccccc2)cc1Br. The molecule has 2 aromatic carbocycles. The van der Waals surface area contributed by atoms with Crippen LogP contribution in [0.1, 0.15) is 29.3 Å². The average Bonchev–Trinajstić information content (AvgIpc) is 2.54. The molecule has 0 atom stereocenters. The van der Waals surface area contributed by atoms with Crippen LogP contribution in [0.5, 0.6) is 5.75 Å². The van der Waals surface area contributed by atoms with Gasteiger partial charge in [-0.25, -0.2) is 4.79 Å². The minimum Gasteiger partial charge on any atom is -0.492 e. The molecule has 0 unspecified atom stereocenters. The Kier molecular flexibility index (Phi) is 6.46. The Morgan fingerprint density at radius 1 is 1.09 bits per heavy atom. The molecule has 0 saturated heterocycles. The minimum absolute atomic E-state index is 0.321. The molecular formula is C18H19BrO3. The highest BCUT2D eigenvalue weighted by Crippen LogP contribution is 2.26. The minimum atomic E-state index is -0.321. The Balaban J connectivity index is 1.88. The molecule has 2 rings (SSSR count). The second-order valence-electron chi connectivity index (χ2n) is 4.87. The molecular weight excluding hydrogens is 344 g/mol. The van der Waals surface area contributed by atoms with Gasteiger partial charge in [-0.3, -0.25) is 0 Å². The summed E-state index contributed by atoms with van der Waals surface area (Å²) in [7, 11) is 0. The van der Waals surface area contributed by atoms with Crippen LogP contribution in [-0.4, -0.2) is 19.2 Å². The van der Waals surface area contributed by atoms with Gasteiger partial charge in [0.05, 0.1) is 23.2 Å². The summed E-state index contributed by atoms with van der Waals surface area (Å²) in [6, 6.07) is 15.2. The molecule has 2 aromatic rings. The molecule has 22 heavy (non-hydrogen) atoms. The van der Waals surface area contributed by atoms with E-state index < -0.39 is 0 Å². The number of halogens is 1. The van der Waals surface area contributed by atoms with E-state index in [1.54, 1.807) is 18.2 Å². The lowest BCUT2D eigenvalue weighted by atomic mass is 10.2. The summed E-state index contributed by atoms with van der Waals surface area (Å²) in [4.78, 5) is 12.0. The van der Waals surface area contributed by atoms with Crippen molar-refractivity contribution in [2.75, 3.05) is 13.2 Å². The fraction of sp³-hybridized carbons (Fsp3) is 0.278. The maximum Gasteiger partial charge on any atom is 0.338 e. The second kappa shape index (κ2) is 8.59. The fourth-order valence-electron chi connectivity index (χ4n) is 1.95. The molecule has 0 aliphatic heterocycles. The third-order valence-corrected chi connectivity index (χ3v) is 3.72. The van der Waals surface area contributed by atoms with E-state index in [2.05, 4.69) is 15.9 Å². The lowest BCUT2D eigenvalue weighted by molar-refractivity contribution is 0.0509. The lowest BCUT2D eigenvalue weighted by Crippen LogP contribution is -2.08. The zero-order valence-corrected chi connectivity index (χ0v) is 14.1. The summed E-state index contributed by atoms with van der Waals surface area (Å²) in [6.07, 6.45) is 1.65. The number of hydrogen-bond donors (Lipinski definition) is 0. The number of esters is 1. The molecule has 0 radical (unpaired) electrons. The van der Waals surface area contributed by atoms with E-state index in [-0.39, 0.29) is 5.97 Å². The van der Waals surface area contributed by atoms with Gasteiger partial charge in [0.2, 0.25) is 0 Å². The molecule has 0 aromatic heterocycles. The molecule has 0 N–H and O–H groups in total. The fourth-order valence-corrected chi connectivity index (χ4v) is 2.44. The van der Waals surface area contributed by atoms with Crippen LogP contribution in [-0.2, 0) is 11.2 Å². The van der Waals surface area contributed by atoms with E-state index >= 15 is 0 Å². The predicted octanol–water partition coefficient (Wildman–Crippen LogP) is 4.64. The van der Waals surface area contributed by atoms with Gasteiger partial charge >= 0.3 is 5.97 Å². The van der Waals surface area contributed by atoms with Crippen molar-refractivity contribution in [1.29, 1.82) is 0 Å². The van der Waals surface area contributed by atoms with E-state index in [0.717, 1.165) is 22.2 Å². The van der Waals surface area contributed by atoms with Gasteiger partial charge in [0, 0.05) is 6.42 Å². The van der Waals surface area contributed by atoms with Crippen molar-refractivity contribution in [3.8, 4) is 5.75 Å². The van der Waals surface area contributed by atoms with Crippen LogP contribution < -0.4 is 4.74 Å². The normalized spacial score (nSPS) is 10.3. The summed E-state index contributed by atoms with van der Waals surface area (Å²) in [5.74, 6) is 0.418. The van der Waals surface area contributed by atoms with Crippen LogP contribution in [0.15, 0.2) is 53.0 Å². The highest BCUT2D eigenvalue weighted by molar-refractivity contribution is 9.10. The molecule has 0 amide bonds. The monoisotopic (exact) mass is 362 g/mol. The first-order valence-electron chi connectivity index (χ1n) is 7.34. The van der Waals surface area contributed by atoms with Crippen LogP contribution in [0.25, 0.3) is 0 Å². The molecule has 3 nitrogen and oxygen atoms in total. The largest absolute Gasteiger partial charge is 0.492 e. The number of carbonyl (C=O) groups is 1. The van der Waals surface area contributed by atoms with Crippen molar-refractivity contribution >= 4 is 21.9 Å². The Hall–Kier alpha value is -1.81. The average molecular weight is 363 g/mol. The van der Waals surface area contributed by atoms with Crippen molar-refractivity contribution < 1.29 is 14.3 Å². The van der Waals surface area contributed by atoms with Crippen molar-refractivity contribution in [2.24, 2.45) is 0 Å². The maximum atomic E-state index is 12.0. The first kappa shape index (κ1) is 16.6. The molecule has 0 bridgehead atoms. The quantitative estimate of drug-likeness (QED) is 0.673. The van der Waals surface area contributed by atoms with Gasteiger partial charge in [-0.2, -0.15) is 0 Å². The van der Waals surface area contributed by atoms with Gasteiger partial charge < -0.3 is 9.47 Å². The van der Waals surface area contributed by atoms with Crippen LogP contribution in [0.2, 0.25) is 0 Å². The van der Waals surface area contributed by atoms with Gasteiger partial charge in [0.15, 0.2) is 0 Å². The molecule has 0 spiro atoms. The van der Waals surface area contributed by atoms with E-state index in [1.807, 2.05) is 37.3 Å². The topological polar surface area (TPSA) is 35.5 Å². The molecule has 0 aliphatic rings. The molecule has 0 saturated carbocycles. The van der Waals surface area contributed by atoms with Crippen LogP contribution in [0.3, 0.4) is 0 Å². The van der Waals surface area contributed by atoms with Crippen molar-refractivity contribution in [3.05, 3.63) is 64.1 Å². The molecule has 0 fully saturated rings. The van der Waals surface area contributed by atoms with E-state index in [1.165, 1.54) is 0 Å². The second-order valence-corrected chi connectivity index (χ2v) is 5.72. The van der Waals surface area contributed by atoms with Crippen LogP contribution >= 0.6 is 15.9 Å². The molecule has 0 aliphatic carbocycles. The summed E-state index contributed by atoms with van der Waals surface area (Å²) in [5.41, 5.74) is 1.67. The zero-order chi connectivity index (χ0) is 15.8. The summed E-state index contributed by atoms with van der Waals surface area (Å²) in [6.45, 7) is 3.07. The molecule has 116 valence electrons. The van der Waals surface area contributed by atoms with E-state index in [0.29, 0.717) is 25.2 Å². The van der Waals surface area contributed by atoms with Gasteiger partial charge in [-0.05, 0) is 46.1 Å². The van der Waals surface area contributed by atoms with Gasteiger partial charge in [0.1, 0.15) is 5.75 Å².